The molecule has 0 amide bonds. The van der Waals surface area contributed by atoms with Crippen molar-refractivity contribution in [3.63, 3.8) is 0 Å². The number of hydrogen-bond donors (Lipinski definition) is 0. The van der Waals surface area contributed by atoms with E-state index in [9.17, 15) is 9.59 Å². The quantitative estimate of drug-likeness (QED) is 0.369. The summed E-state index contributed by atoms with van der Waals surface area (Å²) in [5, 5.41) is 0.629. The molecular weight excluding hydrogens is 314 g/mol. The van der Waals surface area contributed by atoms with Gasteiger partial charge in [-0.05, 0) is 50.6 Å². The predicted octanol–water partition coefficient (Wildman–Crippen LogP) is 3.89. The largest absolute Gasteiger partial charge is 0.465 e. The van der Waals surface area contributed by atoms with Crippen LogP contribution in [0, 0.1) is 13.8 Å². The van der Waals surface area contributed by atoms with Gasteiger partial charge in [0.15, 0.2) is 5.78 Å². The molecule has 0 saturated heterocycles. The Balaban J connectivity index is 2.60. The number of carbonyl (C=O) groups is 2. The van der Waals surface area contributed by atoms with Crippen molar-refractivity contribution in [3.8, 4) is 5.69 Å². The molecule has 0 spiro atoms. The molecule has 1 heterocycles. The lowest BCUT2D eigenvalue weighted by atomic mass is 10.1. The molecule has 2 aromatic rings. The Morgan fingerprint density at radius 3 is 2.43 bits per heavy atom. The third-order valence-electron chi connectivity index (χ3n) is 3.65. The summed E-state index contributed by atoms with van der Waals surface area (Å²) in [5.74, 6) is -0.973. The number of ether oxygens (including phenoxy) is 1. The Kier molecular flexibility index (Phi) is 5.06. The monoisotopic (exact) mass is 331 g/mol. The number of esters is 1. The van der Waals surface area contributed by atoms with E-state index in [4.69, 9.17) is 11.6 Å². The van der Waals surface area contributed by atoms with Gasteiger partial charge >= 0.3 is 5.97 Å². The van der Waals surface area contributed by atoms with Crippen LogP contribution in [0.5, 0.6) is 0 Å². The number of benzene rings is 1. The smallest absolute Gasteiger partial charge is 0.341 e. The summed E-state index contributed by atoms with van der Waals surface area (Å²) in [7, 11) is 1.26. The molecule has 1 aromatic heterocycles. The molecule has 0 saturated carbocycles. The van der Waals surface area contributed by atoms with Crippen LogP contribution in [-0.2, 0) is 14.3 Å². The number of para-hydroxylation sites is 1. The number of aromatic nitrogens is 1. The van der Waals surface area contributed by atoms with Crippen LogP contribution in [0.2, 0.25) is 5.02 Å². The van der Waals surface area contributed by atoms with Gasteiger partial charge in [0.25, 0.3) is 0 Å². The summed E-state index contributed by atoms with van der Waals surface area (Å²) in [4.78, 5) is 23.4. The molecule has 0 fully saturated rings. The van der Waals surface area contributed by atoms with Crippen molar-refractivity contribution < 1.29 is 14.3 Å². The third-order valence-corrected chi connectivity index (χ3v) is 3.97. The van der Waals surface area contributed by atoms with Gasteiger partial charge in [0.2, 0.25) is 0 Å². The molecule has 5 heteroatoms. The Bertz CT molecular complexity index is 803. The zero-order chi connectivity index (χ0) is 17.1. The third kappa shape index (κ3) is 3.37. The van der Waals surface area contributed by atoms with E-state index >= 15 is 0 Å². The average molecular weight is 332 g/mol. The lowest BCUT2D eigenvalue weighted by Gasteiger charge is -2.11. The van der Waals surface area contributed by atoms with Gasteiger partial charge in [0.1, 0.15) is 5.57 Å². The SMILES string of the molecule is COC(=O)/C(=C\c1cc(C)n(-c2ccccc2Cl)c1C)C(C)=O. The van der Waals surface area contributed by atoms with Crippen LogP contribution in [0.25, 0.3) is 11.8 Å². The second-order valence-electron chi connectivity index (χ2n) is 5.22. The van der Waals surface area contributed by atoms with E-state index in [1.165, 1.54) is 14.0 Å². The fourth-order valence-corrected chi connectivity index (χ4v) is 2.73. The number of Topliss-reactive ketones (excluding diaryl/α,β-unsaturated/α-hetero) is 1. The lowest BCUT2D eigenvalue weighted by molar-refractivity contribution is -0.137. The minimum atomic E-state index is -0.639. The maximum absolute atomic E-state index is 11.7. The molecule has 0 atom stereocenters. The maximum Gasteiger partial charge on any atom is 0.341 e. The normalized spacial score (nSPS) is 11.4. The highest BCUT2D eigenvalue weighted by atomic mass is 35.5. The van der Waals surface area contributed by atoms with E-state index in [1.54, 1.807) is 6.08 Å². The Morgan fingerprint density at radius 2 is 1.87 bits per heavy atom. The van der Waals surface area contributed by atoms with E-state index < -0.39 is 5.97 Å². The molecule has 120 valence electrons. The van der Waals surface area contributed by atoms with Crippen LogP contribution in [-0.4, -0.2) is 23.4 Å². The Morgan fingerprint density at radius 1 is 1.22 bits per heavy atom. The fraction of sp³-hybridized carbons (Fsp3) is 0.222. The van der Waals surface area contributed by atoms with Crippen molar-refractivity contribution in [2.24, 2.45) is 0 Å². The van der Waals surface area contributed by atoms with Gasteiger partial charge in [-0.15, -0.1) is 0 Å². The molecule has 0 N–H and O–H groups in total. The van der Waals surface area contributed by atoms with Gasteiger partial charge in [-0.1, -0.05) is 23.7 Å². The minimum Gasteiger partial charge on any atom is -0.465 e. The highest BCUT2D eigenvalue weighted by molar-refractivity contribution is 6.32. The van der Waals surface area contributed by atoms with E-state index in [0.29, 0.717) is 5.02 Å². The van der Waals surface area contributed by atoms with Gasteiger partial charge in [0.05, 0.1) is 17.8 Å². The topological polar surface area (TPSA) is 48.3 Å². The molecule has 1 aromatic carbocycles. The number of methoxy groups -OCH3 is 1. The molecular formula is C18H18ClNO3. The number of ketones is 1. The number of carbonyl (C=O) groups excluding carboxylic acids is 2. The molecule has 0 radical (unpaired) electrons. The predicted molar refractivity (Wildman–Crippen MR) is 90.9 cm³/mol. The molecule has 4 nitrogen and oxygen atoms in total. The summed E-state index contributed by atoms with van der Waals surface area (Å²) in [6.45, 7) is 5.20. The molecule has 2 rings (SSSR count). The first-order valence-corrected chi connectivity index (χ1v) is 7.49. The number of aryl methyl sites for hydroxylation is 1. The maximum atomic E-state index is 11.7. The first-order chi connectivity index (χ1) is 10.9. The van der Waals surface area contributed by atoms with Crippen molar-refractivity contribution >= 4 is 29.4 Å². The van der Waals surface area contributed by atoms with Crippen molar-refractivity contribution in [3.05, 3.63) is 57.9 Å². The summed E-state index contributed by atoms with van der Waals surface area (Å²) in [5.41, 5.74) is 3.49. The Hall–Kier alpha value is -2.33. The van der Waals surface area contributed by atoms with E-state index in [-0.39, 0.29) is 11.4 Å². The molecule has 0 aliphatic carbocycles. The minimum absolute atomic E-state index is 0.0203. The number of hydrogen-bond acceptors (Lipinski definition) is 3. The molecule has 0 unspecified atom stereocenters. The van der Waals surface area contributed by atoms with Crippen LogP contribution in [0.1, 0.15) is 23.9 Å². The van der Waals surface area contributed by atoms with Crippen LogP contribution in [0.4, 0.5) is 0 Å². The van der Waals surface area contributed by atoms with Crippen molar-refractivity contribution in [1.82, 2.24) is 4.57 Å². The highest BCUT2D eigenvalue weighted by Crippen LogP contribution is 2.27. The lowest BCUT2D eigenvalue weighted by Crippen LogP contribution is -2.11. The number of halogens is 1. The van der Waals surface area contributed by atoms with Crippen molar-refractivity contribution in [2.75, 3.05) is 7.11 Å². The van der Waals surface area contributed by atoms with Crippen LogP contribution in [0.15, 0.2) is 35.9 Å². The molecule has 23 heavy (non-hydrogen) atoms. The van der Waals surface area contributed by atoms with Gasteiger partial charge in [0, 0.05) is 11.4 Å². The van der Waals surface area contributed by atoms with Crippen LogP contribution in [0.3, 0.4) is 0 Å². The second kappa shape index (κ2) is 6.84. The standard InChI is InChI=1S/C18H18ClNO3/c1-11-9-14(10-15(13(3)21)18(22)23-4)12(2)20(11)17-8-6-5-7-16(17)19/h5-10H,1-4H3/b15-10-. The van der Waals surface area contributed by atoms with E-state index in [2.05, 4.69) is 4.74 Å². The number of nitrogens with zero attached hydrogens (tertiary/aromatic N) is 1. The highest BCUT2D eigenvalue weighted by Gasteiger charge is 2.18. The summed E-state index contributed by atoms with van der Waals surface area (Å²) >= 11 is 6.28. The van der Waals surface area contributed by atoms with Gasteiger partial charge in [-0.25, -0.2) is 4.79 Å². The second-order valence-corrected chi connectivity index (χ2v) is 5.63. The van der Waals surface area contributed by atoms with E-state index in [1.807, 2.05) is 48.7 Å². The first-order valence-electron chi connectivity index (χ1n) is 7.11. The Labute approximate surface area is 140 Å². The molecule has 0 bridgehead atoms. The summed E-state index contributed by atoms with van der Waals surface area (Å²) in [6.07, 6.45) is 1.56. The van der Waals surface area contributed by atoms with Crippen LogP contribution < -0.4 is 0 Å². The summed E-state index contributed by atoms with van der Waals surface area (Å²) < 4.78 is 6.66. The van der Waals surface area contributed by atoms with Crippen LogP contribution >= 0.6 is 11.6 Å². The summed E-state index contributed by atoms with van der Waals surface area (Å²) in [6, 6.07) is 9.42. The zero-order valence-corrected chi connectivity index (χ0v) is 14.3. The van der Waals surface area contributed by atoms with Gasteiger partial charge in [-0.3, -0.25) is 4.79 Å². The zero-order valence-electron chi connectivity index (χ0n) is 13.5. The molecule has 0 aliphatic rings. The van der Waals surface area contributed by atoms with Gasteiger partial charge < -0.3 is 9.30 Å². The number of rotatable bonds is 4. The van der Waals surface area contributed by atoms with Crippen molar-refractivity contribution in [1.29, 1.82) is 0 Å². The molecule has 0 aliphatic heterocycles. The average Bonchev–Trinajstić information content (AvgIpc) is 2.79. The van der Waals surface area contributed by atoms with Gasteiger partial charge in [-0.2, -0.15) is 0 Å². The van der Waals surface area contributed by atoms with E-state index in [0.717, 1.165) is 22.6 Å². The fourth-order valence-electron chi connectivity index (χ4n) is 2.51. The first kappa shape index (κ1) is 17.0. The van der Waals surface area contributed by atoms with Crippen molar-refractivity contribution in [2.45, 2.75) is 20.8 Å².